The van der Waals surface area contributed by atoms with Crippen LogP contribution in [-0.2, 0) is 16.1 Å². The summed E-state index contributed by atoms with van der Waals surface area (Å²) in [5, 5.41) is 1.01. The topological polar surface area (TPSA) is 57.2 Å². The van der Waals surface area contributed by atoms with Crippen LogP contribution in [0.4, 0.5) is 5.69 Å². The number of ether oxygens (including phenoxy) is 1. The van der Waals surface area contributed by atoms with Gasteiger partial charge in [0.05, 0.1) is 7.11 Å². The van der Waals surface area contributed by atoms with Crippen LogP contribution in [0.5, 0.6) is 0 Å². The van der Waals surface area contributed by atoms with Gasteiger partial charge < -0.3 is 15.0 Å². The predicted octanol–water partition coefficient (Wildman–Crippen LogP) is 3.06. The Morgan fingerprint density at radius 2 is 1.90 bits per heavy atom. The quantitative estimate of drug-likeness (QED) is 0.592. The molecule has 3 rings (SSSR count). The molecule has 0 aliphatic heterocycles. The van der Waals surface area contributed by atoms with E-state index in [9.17, 15) is 4.79 Å². The predicted molar refractivity (Wildman–Crippen MR) is 83.8 cm³/mol. The van der Waals surface area contributed by atoms with E-state index in [0.717, 1.165) is 22.2 Å². The van der Waals surface area contributed by atoms with Crippen molar-refractivity contribution in [2.75, 3.05) is 12.8 Å². The number of methoxy groups -OCH3 is 1. The van der Waals surface area contributed by atoms with Gasteiger partial charge in [0.25, 0.3) is 0 Å². The molecule has 0 aliphatic carbocycles. The van der Waals surface area contributed by atoms with E-state index in [1.165, 1.54) is 7.11 Å². The molecule has 4 heteroatoms. The third-order valence-electron chi connectivity index (χ3n) is 3.51. The Bertz CT molecular complexity index is 791. The van der Waals surface area contributed by atoms with Gasteiger partial charge in [0, 0.05) is 22.3 Å². The van der Waals surface area contributed by atoms with E-state index in [1.54, 1.807) is 0 Å². The first-order valence-electron chi connectivity index (χ1n) is 6.70. The monoisotopic (exact) mass is 280 g/mol. The molecule has 0 bridgehead atoms. The molecule has 0 aliphatic rings. The second-order valence-electron chi connectivity index (χ2n) is 4.88. The molecular formula is C17H16N2O2. The standard InChI is InChI=1S/C17H16N2O2/c1-21-17(20)11-19-15-8-7-14(18)9-13(15)10-16(19)12-5-3-2-4-6-12/h2-10H,11,18H2,1H3. The number of hydrogen-bond acceptors (Lipinski definition) is 3. The van der Waals surface area contributed by atoms with Gasteiger partial charge in [-0.1, -0.05) is 30.3 Å². The van der Waals surface area contributed by atoms with Crippen molar-refractivity contribution in [2.45, 2.75) is 6.54 Å². The lowest BCUT2D eigenvalue weighted by Gasteiger charge is -2.09. The zero-order valence-electron chi connectivity index (χ0n) is 11.7. The lowest BCUT2D eigenvalue weighted by Crippen LogP contribution is -2.12. The van der Waals surface area contributed by atoms with Gasteiger partial charge in [-0.25, -0.2) is 0 Å². The Labute approximate surface area is 122 Å². The van der Waals surface area contributed by atoms with E-state index < -0.39 is 0 Å². The molecule has 1 heterocycles. The average Bonchev–Trinajstić information content (AvgIpc) is 2.85. The van der Waals surface area contributed by atoms with E-state index in [4.69, 9.17) is 10.5 Å². The van der Waals surface area contributed by atoms with Crippen LogP contribution in [0.1, 0.15) is 0 Å². The van der Waals surface area contributed by atoms with Crippen LogP contribution < -0.4 is 5.73 Å². The molecule has 21 heavy (non-hydrogen) atoms. The molecule has 1 aromatic heterocycles. The maximum atomic E-state index is 11.7. The van der Waals surface area contributed by atoms with Gasteiger partial charge in [-0.3, -0.25) is 4.79 Å². The van der Waals surface area contributed by atoms with Gasteiger partial charge in [0.2, 0.25) is 0 Å². The van der Waals surface area contributed by atoms with Gasteiger partial charge in [-0.2, -0.15) is 0 Å². The Hall–Kier alpha value is -2.75. The van der Waals surface area contributed by atoms with Crippen molar-refractivity contribution in [3.05, 3.63) is 54.6 Å². The number of carbonyl (C=O) groups is 1. The molecule has 106 valence electrons. The summed E-state index contributed by atoms with van der Waals surface area (Å²) < 4.78 is 6.76. The Balaban J connectivity index is 2.22. The minimum absolute atomic E-state index is 0.175. The highest BCUT2D eigenvalue weighted by Gasteiger charge is 2.13. The van der Waals surface area contributed by atoms with Crippen molar-refractivity contribution in [2.24, 2.45) is 0 Å². The molecule has 0 unspecified atom stereocenters. The molecule has 0 spiro atoms. The van der Waals surface area contributed by atoms with Crippen molar-refractivity contribution < 1.29 is 9.53 Å². The average molecular weight is 280 g/mol. The molecule has 2 aromatic carbocycles. The van der Waals surface area contributed by atoms with Crippen molar-refractivity contribution >= 4 is 22.6 Å². The minimum Gasteiger partial charge on any atom is -0.468 e. The van der Waals surface area contributed by atoms with Gasteiger partial charge in [-0.05, 0) is 29.8 Å². The molecule has 0 fully saturated rings. The van der Waals surface area contributed by atoms with Gasteiger partial charge in [0.15, 0.2) is 0 Å². The maximum absolute atomic E-state index is 11.7. The maximum Gasteiger partial charge on any atom is 0.325 e. The largest absolute Gasteiger partial charge is 0.468 e. The number of nitrogen functional groups attached to an aromatic ring is 1. The normalized spacial score (nSPS) is 10.7. The van der Waals surface area contributed by atoms with Gasteiger partial charge >= 0.3 is 5.97 Å². The third-order valence-corrected chi connectivity index (χ3v) is 3.51. The van der Waals surface area contributed by atoms with Crippen LogP contribution in [-0.4, -0.2) is 17.6 Å². The van der Waals surface area contributed by atoms with E-state index in [-0.39, 0.29) is 12.5 Å². The molecule has 0 radical (unpaired) electrons. The summed E-state index contributed by atoms with van der Waals surface area (Å²) in [6.45, 7) is 0.175. The highest BCUT2D eigenvalue weighted by molar-refractivity contribution is 5.90. The molecule has 2 N–H and O–H groups in total. The summed E-state index contributed by atoms with van der Waals surface area (Å²) in [5.41, 5.74) is 9.55. The number of nitrogens with two attached hydrogens (primary N) is 1. The number of nitrogens with zero attached hydrogens (tertiary/aromatic N) is 1. The van der Waals surface area contributed by atoms with Crippen LogP contribution in [0.15, 0.2) is 54.6 Å². The fraction of sp³-hybridized carbons (Fsp3) is 0.118. The summed E-state index contributed by atoms with van der Waals surface area (Å²) in [5.74, 6) is -0.276. The highest BCUT2D eigenvalue weighted by atomic mass is 16.5. The molecule has 0 saturated carbocycles. The number of hydrogen-bond donors (Lipinski definition) is 1. The fourth-order valence-electron chi connectivity index (χ4n) is 2.50. The number of fused-ring (bicyclic) bond motifs is 1. The highest BCUT2D eigenvalue weighted by Crippen LogP contribution is 2.29. The van der Waals surface area contributed by atoms with Gasteiger partial charge in [-0.15, -0.1) is 0 Å². The minimum atomic E-state index is -0.276. The number of rotatable bonds is 3. The zero-order chi connectivity index (χ0) is 14.8. The number of esters is 1. The molecule has 0 saturated heterocycles. The smallest absolute Gasteiger partial charge is 0.325 e. The van der Waals surface area contributed by atoms with Crippen molar-refractivity contribution in [1.29, 1.82) is 0 Å². The van der Waals surface area contributed by atoms with Crippen LogP contribution in [0, 0.1) is 0 Å². The van der Waals surface area contributed by atoms with Crippen LogP contribution in [0.3, 0.4) is 0 Å². The summed E-state index contributed by atoms with van der Waals surface area (Å²) in [4.78, 5) is 11.7. The van der Waals surface area contributed by atoms with E-state index in [1.807, 2.05) is 59.2 Å². The number of aromatic nitrogens is 1. The first-order valence-corrected chi connectivity index (χ1v) is 6.70. The number of benzene rings is 2. The first-order chi connectivity index (χ1) is 10.2. The second-order valence-corrected chi connectivity index (χ2v) is 4.88. The lowest BCUT2D eigenvalue weighted by molar-refractivity contribution is -0.141. The molecule has 0 amide bonds. The Morgan fingerprint density at radius 1 is 1.14 bits per heavy atom. The molecule has 0 atom stereocenters. The summed E-state index contributed by atoms with van der Waals surface area (Å²) in [6, 6.07) is 17.7. The van der Waals surface area contributed by atoms with Crippen molar-refractivity contribution in [1.82, 2.24) is 4.57 Å². The van der Waals surface area contributed by atoms with Crippen molar-refractivity contribution in [3.8, 4) is 11.3 Å². The number of anilines is 1. The SMILES string of the molecule is COC(=O)Cn1c(-c2ccccc2)cc2cc(N)ccc21. The summed E-state index contributed by atoms with van der Waals surface area (Å²) in [7, 11) is 1.40. The molecule has 3 aromatic rings. The molecular weight excluding hydrogens is 264 g/mol. The fourth-order valence-corrected chi connectivity index (χ4v) is 2.50. The van der Waals surface area contributed by atoms with E-state index in [0.29, 0.717) is 5.69 Å². The van der Waals surface area contributed by atoms with Crippen LogP contribution in [0.25, 0.3) is 22.2 Å². The zero-order valence-corrected chi connectivity index (χ0v) is 11.7. The first kappa shape index (κ1) is 13.2. The third kappa shape index (κ3) is 2.48. The lowest BCUT2D eigenvalue weighted by atomic mass is 10.1. The number of carbonyl (C=O) groups excluding carboxylic acids is 1. The van der Waals surface area contributed by atoms with Crippen LogP contribution >= 0.6 is 0 Å². The second kappa shape index (κ2) is 5.32. The van der Waals surface area contributed by atoms with Crippen molar-refractivity contribution in [3.63, 3.8) is 0 Å². The van der Waals surface area contributed by atoms with Crippen LogP contribution in [0.2, 0.25) is 0 Å². The summed E-state index contributed by atoms with van der Waals surface area (Å²) in [6.07, 6.45) is 0. The molecule has 4 nitrogen and oxygen atoms in total. The van der Waals surface area contributed by atoms with Gasteiger partial charge in [0.1, 0.15) is 6.54 Å². The summed E-state index contributed by atoms with van der Waals surface area (Å²) >= 11 is 0. The Kier molecular flexibility index (Phi) is 3.36. The van der Waals surface area contributed by atoms with E-state index in [2.05, 4.69) is 0 Å². The Morgan fingerprint density at radius 3 is 2.62 bits per heavy atom. The van der Waals surface area contributed by atoms with E-state index >= 15 is 0 Å².